The van der Waals surface area contributed by atoms with Crippen LogP contribution < -0.4 is 0 Å². The van der Waals surface area contributed by atoms with Crippen molar-refractivity contribution in [1.29, 1.82) is 0 Å². The lowest BCUT2D eigenvalue weighted by molar-refractivity contribution is 0.630. The fourth-order valence-corrected chi connectivity index (χ4v) is 2.55. The van der Waals surface area contributed by atoms with Gasteiger partial charge in [0.1, 0.15) is 5.82 Å². The quantitative estimate of drug-likeness (QED) is 0.536. The summed E-state index contributed by atoms with van der Waals surface area (Å²) in [6.45, 7) is 0. The molecule has 0 N–H and O–H groups in total. The average molecular weight is 278 g/mol. The van der Waals surface area contributed by atoms with Crippen LogP contribution in [-0.4, -0.2) is 19.7 Å². The van der Waals surface area contributed by atoms with Crippen molar-refractivity contribution >= 4 is 21.8 Å². The zero-order valence-electron chi connectivity index (χ0n) is 11.3. The number of pyridine rings is 2. The molecule has 0 aliphatic heterocycles. The Morgan fingerprint density at radius 2 is 1.90 bits per heavy atom. The van der Waals surface area contributed by atoms with E-state index in [-0.39, 0.29) is 5.82 Å². The number of rotatable bonds is 1. The SMILES string of the molecule is Cn1ncc2cc(-c3nccc4cc(F)ccc34)cnc21. The van der Waals surface area contributed by atoms with E-state index < -0.39 is 0 Å². The van der Waals surface area contributed by atoms with Crippen molar-refractivity contribution in [2.24, 2.45) is 7.05 Å². The second-order valence-electron chi connectivity index (χ2n) is 4.93. The van der Waals surface area contributed by atoms with Crippen molar-refractivity contribution in [3.05, 3.63) is 54.7 Å². The number of benzene rings is 1. The minimum Gasteiger partial charge on any atom is -0.256 e. The van der Waals surface area contributed by atoms with Crippen LogP contribution in [-0.2, 0) is 7.05 Å². The zero-order valence-corrected chi connectivity index (χ0v) is 11.3. The molecule has 4 nitrogen and oxygen atoms in total. The highest BCUT2D eigenvalue weighted by atomic mass is 19.1. The molecule has 0 atom stereocenters. The van der Waals surface area contributed by atoms with Gasteiger partial charge < -0.3 is 0 Å². The first-order valence-corrected chi connectivity index (χ1v) is 6.55. The molecule has 21 heavy (non-hydrogen) atoms. The van der Waals surface area contributed by atoms with Crippen molar-refractivity contribution in [2.45, 2.75) is 0 Å². The summed E-state index contributed by atoms with van der Waals surface area (Å²) in [4.78, 5) is 8.86. The lowest BCUT2D eigenvalue weighted by Gasteiger charge is -2.06. The van der Waals surface area contributed by atoms with E-state index in [0.717, 1.165) is 33.1 Å². The lowest BCUT2D eigenvalue weighted by atomic mass is 10.0. The standard InChI is InChI=1S/C16H11FN4/c1-21-16-12(9-20-21)6-11(8-19-16)15-14-3-2-13(17)7-10(14)4-5-18-15/h2-9H,1H3. The highest BCUT2D eigenvalue weighted by molar-refractivity contribution is 5.95. The van der Waals surface area contributed by atoms with E-state index in [0.29, 0.717) is 0 Å². The number of aryl methyl sites for hydroxylation is 1. The van der Waals surface area contributed by atoms with Gasteiger partial charge in [-0.25, -0.2) is 9.37 Å². The molecule has 0 unspecified atom stereocenters. The molecule has 0 aliphatic carbocycles. The Kier molecular flexibility index (Phi) is 2.47. The Balaban J connectivity index is 1.99. The third kappa shape index (κ3) is 1.86. The summed E-state index contributed by atoms with van der Waals surface area (Å²) in [7, 11) is 1.86. The Bertz CT molecular complexity index is 975. The van der Waals surface area contributed by atoms with Crippen LogP contribution >= 0.6 is 0 Å². The predicted octanol–water partition coefficient (Wildman–Crippen LogP) is 3.32. The van der Waals surface area contributed by atoms with Gasteiger partial charge in [0, 0.05) is 35.8 Å². The number of nitrogens with zero attached hydrogens (tertiary/aromatic N) is 4. The molecule has 4 rings (SSSR count). The maximum Gasteiger partial charge on any atom is 0.157 e. The van der Waals surface area contributed by atoms with Crippen LogP contribution in [0.3, 0.4) is 0 Å². The average Bonchev–Trinajstić information content (AvgIpc) is 2.87. The van der Waals surface area contributed by atoms with Gasteiger partial charge in [0.05, 0.1) is 11.9 Å². The van der Waals surface area contributed by atoms with Crippen LogP contribution in [0.5, 0.6) is 0 Å². The van der Waals surface area contributed by atoms with Gasteiger partial charge in [-0.1, -0.05) is 0 Å². The Labute approximate surface area is 119 Å². The normalized spacial score (nSPS) is 11.3. The Morgan fingerprint density at radius 3 is 2.81 bits per heavy atom. The van der Waals surface area contributed by atoms with Gasteiger partial charge in [0.2, 0.25) is 0 Å². The van der Waals surface area contributed by atoms with Gasteiger partial charge in [0.15, 0.2) is 5.65 Å². The van der Waals surface area contributed by atoms with Gasteiger partial charge in [0.25, 0.3) is 0 Å². The molecule has 3 heterocycles. The molecule has 0 saturated carbocycles. The first-order valence-electron chi connectivity index (χ1n) is 6.55. The molecule has 0 spiro atoms. The van der Waals surface area contributed by atoms with Crippen LogP contribution in [0, 0.1) is 5.82 Å². The highest BCUT2D eigenvalue weighted by Gasteiger charge is 2.09. The second kappa shape index (κ2) is 4.34. The summed E-state index contributed by atoms with van der Waals surface area (Å²) in [5.41, 5.74) is 2.52. The van der Waals surface area contributed by atoms with Gasteiger partial charge >= 0.3 is 0 Å². The number of fused-ring (bicyclic) bond motifs is 2. The van der Waals surface area contributed by atoms with E-state index in [1.807, 2.05) is 13.1 Å². The van der Waals surface area contributed by atoms with Crippen LogP contribution in [0.15, 0.2) is 48.9 Å². The van der Waals surface area contributed by atoms with Crippen LogP contribution in [0.4, 0.5) is 4.39 Å². The summed E-state index contributed by atoms with van der Waals surface area (Å²) >= 11 is 0. The summed E-state index contributed by atoms with van der Waals surface area (Å²) in [5.74, 6) is -0.250. The molecule has 3 aromatic heterocycles. The maximum atomic E-state index is 13.3. The summed E-state index contributed by atoms with van der Waals surface area (Å²) < 4.78 is 15.1. The zero-order chi connectivity index (χ0) is 14.4. The fraction of sp³-hybridized carbons (Fsp3) is 0.0625. The lowest BCUT2D eigenvalue weighted by Crippen LogP contribution is -1.92. The van der Waals surface area contributed by atoms with E-state index in [2.05, 4.69) is 15.1 Å². The first-order chi connectivity index (χ1) is 10.2. The monoisotopic (exact) mass is 278 g/mol. The largest absolute Gasteiger partial charge is 0.256 e. The van der Waals surface area contributed by atoms with Crippen molar-refractivity contribution in [1.82, 2.24) is 19.7 Å². The molecular weight excluding hydrogens is 267 g/mol. The first kappa shape index (κ1) is 12.0. The van der Waals surface area contributed by atoms with E-state index in [1.54, 1.807) is 35.4 Å². The van der Waals surface area contributed by atoms with Crippen molar-refractivity contribution in [3.63, 3.8) is 0 Å². The van der Waals surface area contributed by atoms with Gasteiger partial charge in [-0.3, -0.25) is 9.67 Å². The molecule has 0 fully saturated rings. The van der Waals surface area contributed by atoms with Gasteiger partial charge in [-0.15, -0.1) is 0 Å². The van der Waals surface area contributed by atoms with Crippen molar-refractivity contribution in [3.8, 4) is 11.3 Å². The summed E-state index contributed by atoms with van der Waals surface area (Å²) in [6, 6.07) is 8.51. The minimum absolute atomic E-state index is 0.250. The molecule has 0 amide bonds. The molecule has 0 bridgehead atoms. The number of aromatic nitrogens is 4. The molecular formula is C16H11FN4. The van der Waals surface area contributed by atoms with Crippen molar-refractivity contribution in [2.75, 3.05) is 0 Å². The number of halogens is 1. The van der Waals surface area contributed by atoms with Crippen molar-refractivity contribution < 1.29 is 4.39 Å². The predicted molar refractivity (Wildman–Crippen MR) is 79.2 cm³/mol. The van der Waals surface area contributed by atoms with E-state index >= 15 is 0 Å². The molecule has 1 aromatic carbocycles. The molecule has 4 aromatic rings. The Morgan fingerprint density at radius 1 is 1.00 bits per heavy atom. The third-order valence-corrected chi connectivity index (χ3v) is 3.57. The number of hydrogen-bond acceptors (Lipinski definition) is 3. The van der Waals surface area contributed by atoms with Crippen LogP contribution in [0.1, 0.15) is 0 Å². The van der Waals surface area contributed by atoms with Gasteiger partial charge in [-0.2, -0.15) is 5.10 Å². The smallest absolute Gasteiger partial charge is 0.157 e. The summed E-state index contributed by atoms with van der Waals surface area (Å²) in [5, 5.41) is 6.87. The molecule has 0 saturated heterocycles. The van der Waals surface area contributed by atoms with Gasteiger partial charge in [-0.05, 0) is 35.7 Å². The molecule has 0 radical (unpaired) electrons. The highest BCUT2D eigenvalue weighted by Crippen LogP contribution is 2.28. The third-order valence-electron chi connectivity index (χ3n) is 3.57. The van der Waals surface area contributed by atoms with E-state index in [9.17, 15) is 4.39 Å². The molecule has 102 valence electrons. The second-order valence-corrected chi connectivity index (χ2v) is 4.93. The minimum atomic E-state index is -0.250. The van der Waals surface area contributed by atoms with E-state index in [4.69, 9.17) is 0 Å². The summed E-state index contributed by atoms with van der Waals surface area (Å²) in [6.07, 6.45) is 5.23. The molecule has 0 aliphatic rings. The number of hydrogen-bond donors (Lipinski definition) is 0. The fourth-order valence-electron chi connectivity index (χ4n) is 2.55. The Hall–Kier alpha value is -2.82. The maximum absolute atomic E-state index is 13.3. The topological polar surface area (TPSA) is 43.6 Å². The van der Waals surface area contributed by atoms with E-state index in [1.165, 1.54) is 12.1 Å². The molecule has 5 heteroatoms. The van der Waals surface area contributed by atoms with Crippen LogP contribution in [0.25, 0.3) is 33.1 Å². The van der Waals surface area contributed by atoms with Crippen LogP contribution in [0.2, 0.25) is 0 Å².